The van der Waals surface area contributed by atoms with Crippen LogP contribution in [0, 0.1) is 46.6 Å². The molecule has 0 aliphatic rings. The van der Waals surface area contributed by atoms with Gasteiger partial charge in [0.15, 0.2) is 10.6 Å². The maximum atomic E-state index is 14.3. The third-order valence-corrected chi connectivity index (χ3v) is 7.77. The van der Waals surface area contributed by atoms with Gasteiger partial charge in [0, 0.05) is 37.6 Å². The van der Waals surface area contributed by atoms with Crippen molar-refractivity contribution in [1.82, 2.24) is 8.87 Å². The number of carbonyl (C=O) groups excluding carboxylic acids is 1. The summed E-state index contributed by atoms with van der Waals surface area (Å²) in [5.74, 6) is -0.0112. The molecule has 1 aromatic heterocycles. The van der Waals surface area contributed by atoms with Gasteiger partial charge >= 0.3 is 0 Å². The van der Waals surface area contributed by atoms with E-state index in [0.717, 1.165) is 21.7 Å². The van der Waals surface area contributed by atoms with Gasteiger partial charge in [-0.25, -0.2) is 17.2 Å². The molecule has 0 aliphatic heterocycles. The fraction of sp³-hybridized carbons (Fsp3) is 0.217. The highest BCUT2D eigenvalue weighted by atomic mass is 32.2. The molecule has 0 fully saturated rings. The maximum Gasteiger partial charge on any atom is 0.279 e. The van der Waals surface area contributed by atoms with Gasteiger partial charge in [0.2, 0.25) is 10.0 Å². The molecule has 3 aromatic rings. The first-order valence-corrected chi connectivity index (χ1v) is 12.3. The number of hydrogen-bond donors (Lipinski definition) is 0. The minimum Gasteiger partial charge on any atom is -0.302 e. The van der Waals surface area contributed by atoms with Gasteiger partial charge in [-0.1, -0.05) is 17.3 Å². The van der Waals surface area contributed by atoms with E-state index >= 15 is 0 Å². The van der Waals surface area contributed by atoms with Crippen molar-refractivity contribution in [3.63, 3.8) is 0 Å². The normalized spacial score (nSPS) is 11.8. The van der Waals surface area contributed by atoms with Crippen LogP contribution in [0.15, 0.2) is 46.3 Å². The Labute approximate surface area is 204 Å². The zero-order chi connectivity index (χ0) is 25.6. The van der Waals surface area contributed by atoms with Gasteiger partial charge < -0.3 is 4.57 Å². The summed E-state index contributed by atoms with van der Waals surface area (Å²) >= 11 is 0.886. The lowest BCUT2D eigenvalue weighted by molar-refractivity contribution is 0.0997. The van der Waals surface area contributed by atoms with Crippen molar-refractivity contribution < 1.29 is 22.0 Å². The Morgan fingerprint density at radius 2 is 1.74 bits per heavy atom. The number of nitriles is 2. The molecule has 0 atom stereocenters. The lowest BCUT2D eigenvalue weighted by Crippen LogP contribution is -2.32. The second kappa shape index (κ2) is 11.0. The highest BCUT2D eigenvalue weighted by Crippen LogP contribution is 2.23. The number of fused-ring (bicyclic) bond motifs is 1. The molecule has 0 spiro atoms. The van der Waals surface area contributed by atoms with Crippen LogP contribution in [-0.2, 0) is 16.6 Å². The molecule has 1 heterocycles. The molecule has 12 heteroatoms. The van der Waals surface area contributed by atoms with E-state index in [-0.39, 0.29) is 58.0 Å². The number of rotatable bonds is 8. The SMILES string of the molecule is C#CCn1c(=NC(=O)c2ccc(S(=O)(=O)N(CCC#N)CCC#N)cc2)sc2cc(F)cc(F)c21. The number of amides is 1. The van der Waals surface area contributed by atoms with Crippen LogP contribution in [0.5, 0.6) is 0 Å². The standard InChI is InChI=1S/C23H17F2N5O3S2/c1-2-11-30-21-19(25)14-17(24)15-20(21)34-23(30)28-22(31)16-5-7-18(8-6-16)35(32,33)29(12-3-9-26)13-4-10-27/h1,5-8,14-15H,3-4,11-13H2. The van der Waals surface area contributed by atoms with Crippen molar-refractivity contribution in [1.29, 1.82) is 10.5 Å². The topological polar surface area (TPSA) is 119 Å². The summed E-state index contributed by atoms with van der Waals surface area (Å²) in [5, 5.41) is 17.6. The van der Waals surface area contributed by atoms with E-state index in [1.807, 2.05) is 12.1 Å². The van der Waals surface area contributed by atoms with Crippen molar-refractivity contribution in [2.45, 2.75) is 24.3 Å². The molecular weight excluding hydrogens is 496 g/mol. The van der Waals surface area contributed by atoms with Crippen LogP contribution < -0.4 is 4.80 Å². The lowest BCUT2D eigenvalue weighted by Gasteiger charge is -2.20. The van der Waals surface area contributed by atoms with Gasteiger partial charge in [-0.15, -0.1) is 6.42 Å². The largest absolute Gasteiger partial charge is 0.302 e. The molecule has 0 saturated carbocycles. The molecule has 0 N–H and O–H groups in total. The number of sulfonamides is 1. The van der Waals surface area contributed by atoms with Gasteiger partial charge in [-0.3, -0.25) is 4.79 Å². The minimum absolute atomic E-state index is 0.0252. The fourth-order valence-corrected chi connectivity index (χ4v) is 5.73. The fourth-order valence-electron chi connectivity index (χ4n) is 3.22. The van der Waals surface area contributed by atoms with Crippen molar-refractivity contribution in [2.24, 2.45) is 4.99 Å². The molecule has 3 rings (SSSR count). The molecule has 0 radical (unpaired) electrons. The van der Waals surface area contributed by atoms with Crippen molar-refractivity contribution in [2.75, 3.05) is 13.1 Å². The van der Waals surface area contributed by atoms with Crippen molar-refractivity contribution in [3.05, 3.63) is 58.4 Å². The highest BCUT2D eigenvalue weighted by molar-refractivity contribution is 7.89. The quantitative estimate of drug-likeness (QED) is 0.429. The highest BCUT2D eigenvalue weighted by Gasteiger charge is 2.24. The van der Waals surface area contributed by atoms with Gasteiger partial charge in [0.25, 0.3) is 5.91 Å². The average Bonchev–Trinajstić information content (AvgIpc) is 3.16. The maximum absolute atomic E-state index is 14.3. The van der Waals surface area contributed by atoms with E-state index in [4.69, 9.17) is 16.9 Å². The first kappa shape index (κ1) is 25.7. The summed E-state index contributed by atoms with van der Waals surface area (Å²) in [7, 11) is -4.00. The Morgan fingerprint density at radius 3 is 2.31 bits per heavy atom. The molecule has 1 amide bonds. The van der Waals surface area contributed by atoms with E-state index in [0.29, 0.717) is 6.07 Å². The Bertz CT molecular complexity index is 1550. The van der Waals surface area contributed by atoms with Crippen LogP contribution in [0.25, 0.3) is 10.2 Å². The van der Waals surface area contributed by atoms with Crippen molar-refractivity contribution in [3.8, 4) is 24.5 Å². The zero-order valence-electron chi connectivity index (χ0n) is 18.1. The number of carbonyl (C=O) groups is 1. The Hall–Kier alpha value is -3.89. The van der Waals surface area contributed by atoms with Crippen LogP contribution in [0.3, 0.4) is 0 Å². The monoisotopic (exact) mass is 513 g/mol. The molecule has 2 aromatic carbocycles. The zero-order valence-corrected chi connectivity index (χ0v) is 19.7. The summed E-state index contributed by atoms with van der Waals surface area (Å²) in [6.45, 7) is -0.253. The van der Waals surface area contributed by atoms with Gasteiger partial charge in [0.1, 0.15) is 5.82 Å². The molecule has 0 bridgehead atoms. The first-order chi connectivity index (χ1) is 16.7. The average molecular weight is 514 g/mol. The lowest BCUT2D eigenvalue weighted by atomic mass is 10.2. The summed E-state index contributed by atoms with van der Waals surface area (Å²) in [4.78, 5) is 16.7. The van der Waals surface area contributed by atoms with Crippen molar-refractivity contribution >= 4 is 37.5 Å². The van der Waals surface area contributed by atoms with E-state index in [1.54, 1.807) is 0 Å². The second-order valence-electron chi connectivity index (χ2n) is 7.07. The van der Waals surface area contributed by atoms with Gasteiger partial charge in [0.05, 0.1) is 33.8 Å². The van der Waals surface area contributed by atoms with Gasteiger partial charge in [-0.2, -0.15) is 19.8 Å². The molecular formula is C23H17F2N5O3S2. The number of benzene rings is 2. The van der Waals surface area contributed by atoms with E-state index in [9.17, 15) is 22.0 Å². The summed E-state index contributed by atoms with van der Waals surface area (Å²) in [6.07, 6.45) is 5.27. The van der Waals surface area contributed by atoms with Crippen LogP contribution in [0.2, 0.25) is 0 Å². The number of aromatic nitrogens is 1. The molecule has 35 heavy (non-hydrogen) atoms. The van der Waals surface area contributed by atoms with E-state index < -0.39 is 27.6 Å². The minimum atomic E-state index is -4.00. The van der Waals surface area contributed by atoms with Crippen LogP contribution >= 0.6 is 11.3 Å². The Balaban J connectivity index is 1.96. The smallest absolute Gasteiger partial charge is 0.279 e. The number of halogens is 2. The predicted molar refractivity (Wildman–Crippen MR) is 124 cm³/mol. The number of hydrogen-bond acceptors (Lipinski definition) is 6. The molecule has 0 unspecified atom stereocenters. The molecule has 8 nitrogen and oxygen atoms in total. The molecule has 0 saturated heterocycles. The van der Waals surface area contributed by atoms with Crippen LogP contribution in [0.1, 0.15) is 23.2 Å². The van der Waals surface area contributed by atoms with E-state index in [1.165, 1.54) is 28.8 Å². The molecule has 178 valence electrons. The number of terminal acetylenes is 1. The third-order valence-electron chi connectivity index (χ3n) is 4.83. The Kier molecular flexibility index (Phi) is 8.10. The summed E-state index contributed by atoms with van der Waals surface area (Å²) in [6, 6.07) is 10.5. The van der Waals surface area contributed by atoms with Crippen LogP contribution in [0.4, 0.5) is 8.78 Å². The summed E-state index contributed by atoms with van der Waals surface area (Å²) in [5.41, 5.74) is 0.0816. The second-order valence-corrected chi connectivity index (χ2v) is 10.0. The van der Waals surface area contributed by atoms with E-state index in [2.05, 4.69) is 10.9 Å². The predicted octanol–water partition coefficient (Wildman–Crippen LogP) is 3.17. The first-order valence-electron chi connectivity index (χ1n) is 10.1. The summed E-state index contributed by atoms with van der Waals surface area (Å²) < 4.78 is 56.3. The number of nitrogens with zero attached hydrogens (tertiary/aromatic N) is 5. The Morgan fingerprint density at radius 1 is 1.11 bits per heavy atom. The van der Waals surface area contributed by atoms with Gasteiger partial charge in [-0.05, 0) is 30.3 Å². The third kappa shape index (κ3) is 5.61. The van der Waals surface area contributed by atoms with Crippen LogP contribution in [-0.4, -0.2) is 36.3 Å². The number of thiazole rings is 1. The molecule has 0 aliphatic carbocycles.